The van der Waals surface area contributed by atoms with Gasteiger partial charge in [0.2, 0.25) is 0 Å². The van der Waals surface area contributed by atoms with Crippen molar-refractivity contribution in [2.75, 3.05) is 5.32 Å². The first-order valence-corrected chi connectivity index (χ1v) is 7.57. The van der Waals surface area contributed by atoms with Crippen molar-refractivity contribution in [1.82, 2.24) is 5.16 Å². The highest BCUT2D eigenvalue weighted by molar-refractivity contribution is 6.33. The molecular formula is C19H13ClN2O2. The highest BCUT2D eigenvalue weighted by atomic mass is 35.5. The lowest BCUT2D eigenvalue weighted by Gasteiger charge is -2.07. The number of halogens is 1. The Labute approximate surface area is 144 Å². The fraction of sp³-hybridized carbons (Fsp3) is 0.0526. The van der Waals surface area contributed by atoms with E-state index >= 15 is 0 Å². The largest absolute Gasteiger partial charge is 0.360 e. The predicted molar refractivity (Wildman–Crippen MR) is 94.0 cm³/mol. The van der Waals surface area contributed by atoms with E-state index in [2.05, 4.69) is 16.4 Å². The molecule has 118 valence electrons. The van der Waals surface area contributed by atoms with Crippen LogP contribution in [0.2, 0.25) is 5.02 Å². The highest BCUT2D eigenvalue weighted by Gasteiger charge is 2.23. The lowest BCUT2D eigenvalue weighted by atomic mass is 10.1. The normalized spacial score (nSPS) is 10.2. The van der Waals surface area contributed by atoms with Crippen molar-refractivity contribution < 1.29 is 9.32 Å². The van der Waals surface area contributed by atoms with E-state index in [-0.39, 0.29) is 5.91 Å². The van der Waals surface area contributed by atoms with E-state index < -0.39 is 0 Å². The molecule has 0 unspecified atom stereocenters. The average molecular weight is 337 g/mol. The summed E-state index contributed by atoms with van der Waals surface area (Å²) in [5.41, 5.74) is 2.67. The molecule has 0 fully saturated rings. The van der Waals surface area contributed by atoms with Gasteiger partial charge in [0.05, 0.1) is 5.02 Å². The van der Waals surface area contributed by atoms with E-state index in [1.165, 1.54) is 0 Å². The number of carbonyl (C=O) groups excluding carboxylic acids is 1. The van der Waals surface area contributed by atoms with E-state index in [4.69, 9.17) is 22.5 Å². The van der Waals surface area contributed by atoms with E-state index in [1.807, 2.05) is 12.1 Å². The number of aromatic nitrogens is 1. The Kier molecular flexibility index (Phi) is 4.37. The van der Waals surface area contributed by atoms with Gasteiger partial charge in [0.25, 0.3) is 5.91 Å². The van der Waals surface area contributed by atoms with Gasteiger partial charge in [-0.3, -0.25) is 4.79 Å². The zero-order valence-electron chi connectivity index (χ0n) is 12.8. The molecule has 24 heavy (non-hydrogen) atoms. The first kappa shape index (κ1) is 15.9. The van der Waals surface area contributed by atoms with Gasteiger partial charge in [-0.25, -0.2) is 0 Å². The molecule has 3 rings (SSSR count). The maximum absolute atomic E-state index is 12.7. The topological polar surface area (TPSA) is 55.1 Å². The Morgan fingerprint density at radius 1 is 1.25 bits per heavy atom. The molecule has 1 aromatic heterocycles. The molecule has 3 aromatic rings. The number of amides is 1. The maximum Gasteiger partial charge on any atom is 0.261 e. The van der Waals surface area contributed by atoms with Crippen molar-refractivity contribution in [3.05, 3.63) is 70.4 Å². The molecule has 4 nitrogen and oxygen atoms in total. The van der Waals surface area contributed by atoms with Crippen LogP contribution in [0.3, 0.4) is 0 Å². The molecule has 1 heterocycles. The van der Waals surface area contributed by atoms with Gasteiger partial charge in [0, 0.05) is 16.8 Å². The minimum absolute atomic E-state index is 0.335. The minimum atomic E-state index is -0.335. The number of terminal acetylenes is 1. The van der Waals surface area contributed by atoms with Crippen LogP contribution in [-0.4, -0.2) is 11.1 Å². The Hall–Kier alpha value is -3.03. The number of hydrogen-bond donors (Lipinski definition) is 1. The average Bonchev–Trinajstić information content (AvgIpc) is 2.97. The number of aryl methyl sites for hydroxylation is 1. The second-order valence-electron chi connectivity index (χ2n) is 5.12. The molecule has 2 aromatic carbocycles. The lowest BCUT2D eigenvalue weighted by molar-refractivity contribution is 0.102. The number of hydrogen-bond acceptors (Lipinski definition) is 3. The molecule has 1 N–H and O–H groups in total. The van der Waals surface area contributed by atoms with Crippen LogP contribution in [0.1, 0.15) is 21.7 Å². The molecule has 0 spiro atoms. The van der Waals surface area contributed by atoms with E-state index in [0.29, 0.717) is 38.9 Å². The van der Waals surface area contributed by atoms with Gasteiger partial charge in [-0.2, -0.15) is 0 Å². The second kappa shape index (κ2) is 6.61. The van der Waals surface area contributed by atoms with Gasteiger partial charge in [-0.05, 0) is 31.2 Å². The molecule has 0 radical (unpaired) electrons. The van der Waals surface area contributed by atoms with Crippen molar-refractivity contribution in [2.24, 2.45) is 0 Å². The Morgan fingerprint density at radius 3 is 2.79 bits per heavy atom. The van der Waals surface area contributed by atoms with E-state index in [9.17, 15) is 4.79 Å². The van der Waals surface area contributed by atoms with Crippen LogP contribution in [0.25, 0.3) is 11.3 Å². The Balaban J connectivity index is 1.98. The molecule has 0 bridgehead atoms. The van der Waals surface area contributed by atoms with Crippen LogP contribution < -0.4 is 5.32 Å². The Bertz CT molecular complexity index is 954. The molecule has 0 saturated heterocycles. The van der Waals surface area contributed by atoms with Crippen LogP contribution in [0.15, 0.2) is 53.1 Å². The number of nitrogens with one attached hydrogen (secondary N) is 1. The summed E-state index contributed by atoms with van der Waals surface area (Å²) in [6.07, 6.45) is 5.38. The molecule has 0 aliphatic carbocycles. The van der Waals surface area contributed by atoms with Gasteiger partial charge in [0.15, 0.2) is 0 Å². The fourth-order valence-electron chi connectivity index (χ4n) is 2.36. The van der Waals surface area contributed by atoms with Gasteiger partial charge >= 0.3 is 0 Å². The fourth-order valence-corrected chi connectivity index (χ4v) is 2.58. The van der Waals surface area contributed by atoms with Crippen LogP contribution >= 0.6 is 11.6 Å². The van der Waals surface area contributed by atoms with Gasteiger partial charge in [-0.15, -0.1) is 6.42 Å². The summed E-state index contributed by atoms with van der Waals surface area (Å²) in [6, 6.07) is 14.2. The summed E-state index contributed by atoms with van der Waals surface area (Å²) in [4.78, 5) is 12.7. The molecule has 0 aliphatic rings. The van der Waals surface area contributed by atoms with Gasteiger partial charge in [-0.1, -0.05) is 46.9 Å². The number of anilines is 1. The molecule has 5 heteroatoms. The molecule has 0 atom stereocenters. The van der Waals surface area contributed by atoms with E-state index in [1.54, 1.807) is 43.3 Å². The first-order chi connectivity index (χ1) is 11.6. The highest BCUT2D eigenvalue weighted by Crippen LogP contribution is 2.31. The van der Waals surface area contributed by atoms with Crippen LogP contribution in [0.4, 0.5) is 5.69 Å². The first-order valence-electron chi connectivity index (χ1n) is 7.19. The number of rotatable bonds is 3. The number of nitrogens with zero attached hydrogens (tertiary/aromatic N) is 1. The van der Waals surface area contributed by atoms with Crippen molar-refractivity contribution in [1.29, 1.82) is 0 Å². The van der Waals surface area contributed by atoms with Crippen molar-refractivity contribution in [2.45, 2.75) is 6.92 Å². The minimum Gasteiger partial charge on any atom is -0.360 e. The smallest absolute Gasteiger partial charge is 0.261 e. The zero-order valence-corrected chi connectivity index (χ0v) is 13.6. The summed E-state index contributed by atoms with van der Waals surface area (Å²) in [6.45, 7) is 1.68. The molecule has 0 saturated carbocycles. The third-order valence-electron chi connectivity index (χ3n) is 3.51. The van der Waals surface area contributed by atoms with Crippen LogP contribution in [-0.2, 0) is 0 Å². The number of carbonyl (C=O) groups is 1. The summed E-state index contributed by atoms with van der Waals surface area (Å²) in [5.74, 6) is 2.61. The van der Waals surface area contributed by atoms with Crippen molar-refractivity contribution >= 4 is 23.2 Å². The monoisotopic (exact) mass is 336 g/mol. The quantitative estimate of drug-likeness (QED) is 0.714. The summed E-state index contributed by atoms with van der Waals surface area (Å²) < 4.78 is 5.21. The van der Waals surface area contributed by atoms with Crippen LogP contribution in [0.5, 0.6) is 0 Å². The predicted octanol–water partition coefficient (Wildman–Crippen LogP) is 4.54. The Morgan fingerprint density at radius 2 is 2.04 bits per heavy atom. The molecular weight excluding hydrogens is 324 g/mol. The second-order valence-corrected chi connectivity index (χ2v) is 5.53. The molecule has 0 aliphatic heterocycles. The zero-order chi connectivity index (χ0) is 17.1. The van der Waals surface area contributed by atoms with Gasteiger partial charge in [0.1, 0.15) is 17.0 Å². The standard InChI is InChI=1S/C19H13ClN2O2/c1-3-13-7-6-8-14(11-13)21-19(23)17-12(2)24-22-18(17)15-9-4-5-10-16(15)20/h1,4-11H,2H3,(H,21,23). The SMILES string of the molecule is C#Cc1cccc(NC(=O)c2c(-c3ccccc3Cl)noc2C)c1. The third-order valence-corrected chi connectivity index (χ3v) is 3.84. The maximum atomic E-state index is 12.7. The van der Waals surface area contributed by atoms with Crippen LogP contribution in [0, 0.1) is 19.3 Å². The van der Waals surface area contributed by atoms with Crippen molar-refractivity contribution in [3.8, 4) is 23.6 Å². The lowest BCUT2D eigenvalue weighted by Crippen LogP contribution is -2.13. The van der Waals surface area contributed by atoms with E-state index in [0.717, 1.165) is 0 Å². The summed E-state index contributed by atoms with van der Waals surface area (Å²) in [5, 5.41) is 7.30. The number of benzene rings is 2. The summed E-state index contributed by atoms with van der Waals surface area (Å²) >= 11 is 6.21. The third kappa shape index (κ3) is 3.03. The van der Waals surface area contributed by atoms with Crippen molar-refractivity contribution in [3.63, 3.8) is 0 Å². The molecule has 1 amide bonds. The summed E-state index contributed by atoms with van der Waals surface area (Å²) in [7, 11) is 0. The van der Waals surface area contributed by atoms with Gasteiger partial charge < -0.3 is 9.84 Å².